The van der Waals surface area contributed by atoms with E-state index in [1.54, 1.807) is 0 Å². The van der Waals surface area contributed by atoms with Gasteiger partial charge in [0.05, 0.1) is 0 Å². The van der Waals surface area contributed by atoms with E-state index in [4.69, 9.17) is 5.11 Å². The summed E-state index contributed by atoms with van der Waals surface area (Å²) in [5, 5.41) is 11.5. The number of carbonyl (C=O) groups is 2. The number of hydrogen-bond donors (Lipinski definition) is 2. The van der Waals surface area contributed by atoms with Crippen LogP contribution >= 0.6 is 0 Å². The molecule has 0 radical (unpaired) electrons. The van der Waals surface area contributed by atoms with E-state index in [1.807, 2.05) is 13.8 Å². The summed E-state index contributed by atoms with van der Waals surface area (Å²) in [4.78, 5) is 23.8. The number of nitrogens with one attached hydrogen (secondary N) is 1. The minimum absolute atomic E-state index is 0.117. The number of amides is 2. The third-order valence-corrected chi connectivity index (χ3v) is 3.82. The first-order valence-electron chi connectivity index (χ1n) is 6.53. The summed E-state index contributed by atoms with van der Waals surface area (Å²) in [5.41, 5.74) is -2.85. The Morgan fingerprint density at radius 1 is 1.35 bits per heavy atom. The Morgan fingerprint density at radius 3 is 2.25 bits per heavy atom. The number of carboxylic acid groups (broad SMARTS) is 1. The van der Waals surface area contributed by atoms with Gasteiger partial charge in [-0.25, -0.2) is 4.79 Å². The average molecular weight is 296 g/mol. The van der Waals surface area contributed by atoms with Crippen molar-refractivity contribution >= 4 is 12.0 Å². The molecule has 1 unspecified atom stereocenters. The lowest BCUT2D eigenvalue weighted by Crippen LogP contribution is -2.50. The topological polar surface area (TPSA) is 69.6 Å². The van der Waals surface area contributed by atoms with Gasteiger partial charge in [-0.3, -0.25) is 4.79 Å². The van der Waals surface area contributed by atoms with Gasteiger partial charge in [-0.15, -0.1) is 0 Å². The largest absolute Gasteiger partial charge is 0.481 e. The van der Waals surface area contributed by atoms with E-state index >= 15 is 0 Å². The fourth-order valence-electron chi connectivity index (χ4n) is 2.27. The van der Waals surface area contributed by atoms with Crippen LogP contribution in [0.5, 0.6) is 0 Å². The highest BCUT2D eigenvalue weighted by Gasteiger charge is 2.64. The molecule has 1 saturated heterocycles. The van der Waals surface area contributed by atoms with Crippen LogP contribution < -0.4 is 5.32 Å². The predicted octanol–water partition coefficient (Wildman–Crippen LogP) is 2.22. The number of aliphatic carboxylic acids is 1. The van der Waals surface area contributed by atoms with Crippen molar-refractivity contribution in [3.05, 3.63) is 0 Å². The van der Waals surface area contributed by atoms with Crippen molar-refractivity contribution in [1.82, 2.24) is 10.2 Å². The molecule has 1 atom stereocenters. The lowest BCUT2D eigenvalue weighted by molar-refractivity contribution is -0.226. The van der Waals surface area contributed by atoms with Crippen LogP contribution in [-0.2, 0) is 4.79 Å². The molecule has 1 aliphatic rings. The van der Waals surface area contributed by atoms with Crippen LogP contribution in [0.1, 0.15) is 33.1 Å². The predicted molar refractivity (Wildman–Crippen MR) is 65.2 cm³/mol. The Bertz CT molecular complexity index is 383. The Morgan fingerprint density at radius 2 is 1.90 bits per heavy atom. The zero-order valence-electron chi connectivity index (χ0n) is 11.5. The summed E-state index contributed by atoms with van der Waals surface area (Å²) in [6, 6.07) is -0.751. The molecule has 1 heterocycles. The molecule has 0 aromatic rings. The molecule has 5 nitrogen and oxygen atoms in total. The van der Waals surface area contributed by atoms with E-state index < -0.39 is 36.6 Å². The molecule has 0 saturated carbocycles. The molecule has 0 aromatic heterocycles. The molecule has 20 heavy (non-hydrogen) atoms. The summed E-state index contributed by atoms with van der Waals surface area (Å²) < 4.78 is 38.9. The van der Waals surface area contributed by atoms with Gasteiger partial charge in [-0.05, 0) is 19.3 Å². The Balaban J connectivity index is 2.79. The highest BCUT2D eigenvalue weighted by Crippen LogP contribution is 2.45. The molecule has 2 amide bonds. The zero-order chi connectivity index (χ0) is 15.6. The fourth-order valence-corrected chi connectivity index (χ4v) is 2.27. The van der Waals surface area contributed by atoms with Crippen LogP contribution in [0.25, 0.3) is 0 Å². The molecule has 0 bridgehead atoms. The number of alkyl halides is 3. The third kappa shape index (κ3) is 2.99. The summed E-state index contributed by atoms with van der Waals surface area (Å²) >= 11 is 0. The number of rotatable bonds is 4. The molecular formula is C12H19F3N2O3. The number of carboxylic acids is 1. The highest BCUT2D eigenvalue weighted by atomic mass is 19.4. The summed E-state index contributed by atoms with van der Waals surface area (Å²) in [7, 11) is 0. The van der Waals surface area contributed by atoms with E-state index in [0.29, 0.717) is 12.8 Å². The van der Waals surface area contributed by atoms with Crippen LogP contribution in [0.4, 0.5) is 18.0 Å². The van der Waals surface area contributed by atoms with E-state index in [9.17, 15) is 22.8 Å². The van der Waals surface area contributed by atoms with Crippen molar-refractivity contribution in [2.45, 2.75) is 45.3 Å². The van der Waals surface area contributed by atoms with Crippen molar-refractivity contribution < 1.29 is 27.9 Å². The van der Waals surface area contributed by atoms with Crippen LogP contribution in [-0.4, -0.2) is 47.3 Å². The van der Waals surface area contributed by atoms with Crippen molar-refractivity contribution in [2.24, 2.45) is 5.41 Å². The van der Waals surface area contributed by atoms with Crippen LogP contribution in [0.15, 0.2) is 0 Å². The number of hydrogen-bond acceptors (Lipinski definition) is 2. The van der Waals surface area contributed by atoms with Gasteiger partial charge in [0, 0.05) is 19.1 Å². The maximum atomic E-state index is 13.0. The third-order valence-electron chi connectivity index (χ3n) is 3.82. The second-order valence-electron chi connectivity index (χ2n) is 5.02. The lowest BCUT2D eigenvalue weighted by atomic mass is 9.86. The molecule has 1 rings (SSSR count). The average Bonchev–Trinajstić information content (AvgIpc) is 2.81. The van der Waals surface area contributed by atoms with Gasteiger partial charge in [0.1, 0.15) is 0 Å². The van der Waals surface area contributed by atoms with Gasteiger partial charge >= 0.3 is 18.2 Å². The molecule has 0 aliphatic carbocycles. The number of halogens is 3. The summed E-state index contributed by atoms with van der Waals surface area (Å²) in [6.07, 6.45) is -4.15. The van der Waals surface area contributed by atoms with Crippen LogP contribution in [0.2, 0.25) is 0 Å². The molecule has 1 fully saturated rings. The number of urea groups is 1. The first-order chi connectivity index (χ1) is 9.17. The van der Waals surface area contributed by atoms with Gasteiger partial charge in [0.25, 0.3) is 0 Å². The maximum Gasteiger partial charge on any atom is 0.406 e. The van der Waals surface area contributed by atoms with Crippen molar-refractivity contribution in [3.63, 3.8) is 0 Å². The Hall–Kier alpha value is -1.47. The molecule has 116 valence electrons. The normalized spacial score (nSPS) is 23.2. The minimum atomic E-state index is -4.87. The molecule has 0 spiro atoms. The van der Waals surface area contributed by atoms with Gasteiger partial charge in [0.15, 0.2) is 5.41 Å². The SMILES string of the molecule is CCC(CC)NC(=O)N1CCC(C(=O)O)(C(F)(F)F)C1. The van der Waals surface area contributed by atoms with Crippen molar-refractivity contribution in [3.8, 4) is 0 Å². The molecule has 2 N–H and O–H groups in total. The van der Waals surface area contributed by atoms with Gasteiger partial charge in [-0.1, -0.05) is 13.8 Å². The van der Waals surface area contributed by atoms with Gasteiger partial charge < -0.3 is 15.3 Å². The first-order valence-corrected chi connectivity index (χ1v) is 6.53. The standard InChI is InChI=1S/C12H19F3N2O3/c1-3-8(4-2)16-10(20)17-6-5-11(7-17,9(18)19)12(13,14)15/h8H,3-7H2,1-2H3,(H,16,20)(H,18,19). The monoisotopic (exact) mass is 296 g/mol. The number of likely N-dealkylation sites (tertiary alicyclic amines) is 1. The van der Waals surface area contributed by atoms with E-state index in [1.165, 1.54) is 0 Å². The minimum Gasteiger partial charge on any atom is -0.481 e. The van der Waals surface area contributed by atoms with E-state index in [0.717, 1.165) is 4.90 Å². The number of carbonyl (C=O) groups excluding carboxylic acids is 1. The highest BCUT2D eigenvalue weighted by molar-refractivity contribution is 5.80. The van der Waals surface area contributed by atoms with Crippen LogP contribution in [0.3, 0.4) is 0 Å². The second kappa shape index (κ2) is 5.88. The van der Waals surface area contributed by atoms with Crippen molar-refractivity contribution in [2.75, 3.05) is 13.1 Å². The smallest absolute Gasteiger partial charge is 0.406 e. The van der Waals surface area contributed by atoms with Gasteiger partial charge in [0.2, 0.25) is 0 Å². The Kier molecular flexibility index (Phi) is 4.88. The summed E-state index contributed by atoms with van der Waals surface area (Å²) in [6.45, 7) is 2.67. The molecule has 1 aliphatic heterocycles. The Labute approximate surface area is 115 Å². The first kappa shape index (κ1) is 16.6. The maximum absolute atomic E-state index is 13.0. The molecule has 0 aromatic carbocycles. The van der Waals surface area contributed by atoms with Gasteiger partial charge in [-0.2, -0.15) is 13.2 Å². The molecular weight excluding hydrogens is 277 g/mol. The van der Waals surface area contributed by atoms with Crippen LogP contribution in [0, 0.1) is 5.41 Å². The zero-order valence-corrected chi connectivity index (χ0v) is 11.5. The van der Waals surface area contributed by atoms with Crippen molar-refractivity contribution in [1.29, 1.82) is 0 Å². The quantitative estimate of drug-likeness (QED) is 0.835. The summed E-state index contributed by atoms with van der Waals surface area (Å²) in [5.74, 6) is -1.93. The second-order valence-corrected chi connectivity index (χ2v) is 5.02. The van der Waals surface area contributed by atoms with E-state index in [-0.39, 0.29) is 12.6 Å². The van der Waals surface area contributed by atoms with E-state index in [2.05, 4.69) is 5.32 Å². The molecule has 8 heteroatoms. The fraction of sp³-hybridized carbons (Fsp3) is 0.833. The number of nitrogens with zero attached hydrogens (tertiary/aromatic N) is 1. The lowest BCUT2D eigenvalue weighted by Gasteiger charge is -2.27.